The number of nitriles is 1. The smallest absolute Gasteiger partial charge is 0.148 e. The standard InChI is InChI=1S/C13H17ClN4/c1-2-18(9-11-4-3-6-16-11)13-12(14)10(8-15)5-7-17-13/h5,7,11,16H,2-4,6,9H2,1H3. The molecule has 0 bridgehead atoms. The summed E-state index contributed by atoms with van der Waals surface area (Å²) in [5, 5.41) is 12.9. The van der Waals surface area contributed by atoms with Gasteiger partial charge in [-0.15, -0.1) is 0 Å². The van der Waals surface area contributed by atoms with Crippen LogP contribution in [-0.4, -0.2) is 30.7 Å². The fourth-order valence-corrected chi connectivity index (χ4v) is 2.56. The van der Waals surface area contributed by atoms with E-state index >= 15 is 0 Å². The Morgan fingerprint density at radius 1 is 1.67 bits per heavy atom. The Kier molecular flexibility index (Phi) is 4.40. The predicted octanol–water partition coefficient (Wildman–Crippen LogP) is 2.18. The fraction of sp³-hybridized carbons (Fsp3) is 0.538. The second kappa shape index (κ2) is 6.03. The summed E-state index contributed by atoms with van der Waals surface area (Å²) in [6, 6.07) is 4.23. The summed E-state index contributed by atoms with van der Waals surface area (Å²) in [6.45, 7) is 4.88. The summed E-state index contributed by atoms with van der Waals surface area (Å²) in [7, 11) is 0. The first-order chi connectivity index (χ1) is 8.76. The lowest BCUT2D eigenvalue weighted by Crippen LogP contribution is -2.38. The number of rotatable bonds is 4. The molecular formula is C13H17ClN4. The van der Waals surface area contributed by atoms with Gasteiger partial charge in [-0.2, -0.15) is 5.26 Å². The molecule has 0 spiro atoms. The molecule has 18 heavy (non-hydrogen) atoms. The van der Waals surface area contributed by atoms with Gasteiger partial charge >= 0.3 is 0 Å². The molecule has 1 aromatic heterocycles. The van der Waals surface area contributed by atoms with Gasteiger partial charge in [0.05, 0.1) is 5.56 Å². The normalized spacial score (nSPS) is 18.6. The molecule has 1 fully saturated rings. The van der Waals surface area contributed by atoms with Crippen LogP contribution in [0.1, 0.15) is 25.3 Å². The minimum Gasteiger partial charge on any atom is -0.354 e. The molecule has 5 heteroatoms. The van der Waals surface area contributed by atoms with Crippen molar-refractivity contribution in [2.75, 3.05) is 24.5 Å². The first kappa shape index (κ1) is 13.1. The van der Waals surface area contributed by atoms with Crippen molar-refractivity contribution in [3.05, 3.63) is 22.8 Å². The monoisotopic (exact) mass is 264 g/mol. The highest BCUT2D eigenvalue weighted by Gasteiger charge is 2.20. The summed E-state index contributed by atoms with van der Waals surface area (Å²) in [5.41, 5.74) is 0.486. The molecule has 1 aliphatic rings. The van der Waals surface area contributed by atoms with Crippen LogP contribution in [0.15, 0.2) is 12.3 Å². The third-order valence-corrected chi connectivity index (χ3v) is 3.65. The lowest BCUT2D eigenvalue weighted by molar-refractivity contribution is 0.584. The van der Waals surface area contributed by atoms with Crippen molar-refractivity contribution in [3.63, 3.8) is 0 Å². The zero-order chi connectivity index (χ0) is 13.0. The minimum atomic E-state index is 0.458. The van der Waals surface area contributed by atoms with Gasteiger partial charge in [-0.25, -0.2) is 4.98 Å². The third-order valence-electron chi connectivity index (χ3n) is 3.28. The van der Waals surface area contributed by atoms with E-state index in [-0.39, 0.29) is 0 Å². The van der Waals surface area contributed by atoms with Gasteiger partial charge in [-0.1, -0.05) is 11.6 Å². The van der Waals surface area contributed by atoms with Crippen molar-refractivity contribution in [1.29, 1.82) is 5.26 Å². The molecule has 2 rings (SSSR count). The van der Waals surface area contributed by atoms with E-state index in [0.29, 0.717) is 22.4 Å². The number of halogens is 1. The number of aromatic nitrogens is 1. The summed E-state index contributed by atoms with van der Waals surface area (Å²) >= 11 is 6.22. The van der Waals surface area contributed by atoms with Gasteiger partial charge < -0.3 is 10.2 Å². The summed E-state index contributed by atoms with van der Waals surface area (Å²) in [5.74, 6) is 0.715. The lowest BCUT2D eigenvalue weighted by Gasteiger charge is -2.26. The molecule has 0 aromatic carbocycles. The van der Waals surface area contributed by atoms with Crippen LogP contribution in [0, 0.1) is 11.3 Å². The molecule has 1 aromatic rings. The number of nitrogens with one attached hydrogen (secondary N) is 1. The van der Waals surface area contributed by atoms with Gasteiger partial charge in [0.15, 0.2) is 0 Å². The Morgan fingerprint density at radius 2 is 2.50 bits per heavy atom. The maximum Gasteiger partial charge on any atom is 0.148 e. The van der Waals surface area contributed by atoms with Gasteiger partial charge in [0.25, 0.3) is 0 Å². The molecule has 96 valence electrons. The fourth-order valence-electron chi connectivity index (χ4n) is 2.28. The average molecular weight is 265 g/mol. The van der Waals surface area contributed by atoms with Gasteiger partial charge in [0.2, 0.25) is 0 Å². The van der Waals surface area contributed by atoms with Gasteiger partial charge in [0.1, 0.15) is 16.9 Å². The first-order valence-electron chi connectivity index (χ1n) is 6.29. The van der Waals surface area contributed by atoms with Crippen LogP contribution in [0.4, 0.5) is 5.82 Å². The van der Waals surface area contributed by atoms with Crippen molar-refractivity contribution >= 4 is 17.4 Å². The Balaban J connectivity index is 2.19. The van der Waals surface area contributed by atoms with Crippen molar-refractivity contribution < 1.29 is 0 Å². The molecule has 1 N–H and O–H groups in total. The highest BCUT2D eigenvalue weighted by atomic mass is 35.5. The van der Waals surface area contributed by atoms with Crippen LogP contribution in [-0.2, 0) is 0 Å². The molecule has 2 heterocycles. The molecular weight excluding hydrogens is 248 g/mol. The predicted molar refractivity (Wildman–Crippen MR) is 72.9 cm³/mol. The minimum absolute atomic E-state index is 0.458. The number of nitrogens with zero attached hydrogens (tertiary/aromatic N) is 3. The molecule has 1 saturated heterocycles. The third kappa shape index (κ3) is 2.74. The Labute approximate surface area is 113 Å². The lowest BCUT2D eigenvalue weighted by atomic mass is 10.2. The van der Waals surface area contributed by atoms with E-state index < -0.39 is 0 Å². The number of anilines is 1. The molecule has 0 saturated carbocycles. The van der Waals surface area contributed by atoms with Crippen molar-refractivity contribution in [3.8, 4) is 6.07 Å². The van der Waals surface area contributed by atoms with Crippen LogP contribution < -0.4 is 10.2 Å². The molecule has 1 aliphatic heterocycles. The maximum atomic E-state index is 8.99. The van der Waals surface area contributed by atoms with E-state index in [1.54, 1.807) is 12.3 Å². The van der Waals surface area contributed by atoms with E-state index in [4.69, 9.17) is 16.9 Å². The average Bonchev–Trinajstić information content (AvgIpc) is 2.89. The summed E-state index contributed by atoms with van der Waals surface area (Å²) < 4.78 is 0. The molecule has 1 atom stereocenters. The highest BCUT2D eigenvalue weighted by molar-refractivity contribution is 6.34. The van der Waals surface area contributed by atoms with Gasteiger partial charge in [-0.3, -0.25) is 0 Å². The van der Waals surface area contributed by atoms with Crippen LogP contribution in [0.25, 0.3) is 0 Å². The molecule has 4 nitrogen and oxygen atoms in total. The van der Waals surface area contributed by atoms with Crippen LogP contribution in [0.2, 0.25) is 5.02 Å². The molecule has 0 aliphatic carbocycles. The van der Waals surface area contributed by atoms with E-state index in [0.717, 1.165) is 19.6 Å². The Morgan fingerprint density at radius 3 is 3.11 bits per heavy atom. The number of pyridine rings is 1. The van der Waals surface area contributed by atoms with Crippen LogP contribution in [0.3, 0.4) is 0 Å². The number of likely N-dealkylation sites (N-methyl/N-ethyl adjacent to an activating group) is 1. The van der Waals surface area contributed by atoms with Gasteiger partial charge in [-0.05, 0) is 32.4 Å². The molecule has 0 amide bonds. The number of hydrogen-bond acceptors (Lipinski definition) is 4. The molecule has 0 radical (unpaired) electrons. The zero-order valence-corrected chi connectivity index (χ0v) is 11.2. The van der Waals surface area contributed by atoms with Crippen molar-refractivity contribution in [2.45, 2.75) is 25.8 Å². The Hall–Kier alpha value is -1.31. The summed E-state index contributed by atoms with van der Waals surface area (Å²) in [4.78, 5) is 6.45. The van der Waals surface area contributed by atoms with Crippen LogP contribution in [0.5, 0.6) is 0 Å². The van der Waals surface area contributed by atoms with E-state index in [2.05, 4.69) is 28.2 Å². The Bertz CT molecular complexity index is 449. The number of hydrogen-bond donors (Lipinski definition) is 1. The first-order valence-corrected chi connectivity index (χ1v) is 6.67. The van der Waals surface area contributed by atoms with Gasteiger partial charge in [0, 0.05) is 25.3 Å². The van der Waals surface area contributed by atoms with Crippen molar-refractivity contribution in [2.24, 2.45) is 0 Å². The highest BCUT2D eigenvalue weighted by Crippen LogP contribution is 2.26. The van der Waals surface area contributed by atoms with Crippen LogP contribution >= 0.6 is 11.6 Å². The second-order valence-electron chi connectivity index (χ2n) is 4.44. The SMILES string of the molecule is CCN(CC1CCCN1)c1nccc(C#N)c1Cl. The maximum absolute atomic E-state index is 8.99. The largest absolute Gasteiger partial charge is 0.354 e. The second-order valence-corrected chi connectivity index (χ2v) is 4.82. The van der Waals surface area contributed by atoms with E-state index in [1.807, 2.05) is 0 Å². The zero-order valence-electron chi connectivity index (χ0n) is 10.5. The van der Waals surface area contributed by atoms with Crippen molar-refractivity contribution in [1.82, 2.24) is 10.3 Å². The topological polar surface area (TPSA) is 52.0 Å². The summed E-state index contributed by atoms with van der Waals surface area (Å²) in [6.07, 6.45) is 4.05. The van der Waals surface area contributed by atoms with E-state index in [1.165, 1.54) is 12.8 Å². The van der Waals surface area contributed by atoms with E-state index in [9.17, 15) is 0 Å². The quantitative estimate of drug-likeness (QED) is 0.906. The molecule has 1 unspecified atom stereocenters.